The van der Waals surface area contributed by atoms with Crippen molar-refractivity contribution >= 4 is 45.0 Å². The Labute approximate surface area is 206 Å². The highest BCUT2D eigenvalue weighted by Crippen LogP contribution is 2.41. The van der Waals surface area contributed by atoms with Crippen molar-refractivity contribution in [2.75, 3.05) is 13.2 Å². The molecule has 0 spiro atoms. The van der Waals surface area contributed by atoms with Crippen LogP contribution in [0, 0.1) is 0 Å². The van der Waals surface area contributed by atoms with Crippen molar-refractivity contribution in [3.8, 4) is 5.75 Å². The highest BCUT2D eigenvalue weighted by molar-refractivity contribution is 6.31. The van der Waals surface area contributed by atoms with Crippen LogP contribution >= 0.6 is 11.6 Å². The van der Waals surface area contributed by atoms with Gasteiger partial charge in [0.15, 0.2) is 6.61 Å². The first-order valence-corrected chi connectivity index (χ1v) is 11.8. The van der Waals surface area contributed by atoms with E-state index in [2.05, 4.69) is 0 Å². The summed E-state index contributed by atoms with van der Waals surface area (Å²) in [4.78, 5) is 25.3. The van der Waals surface area contributed by atoms with Crippen molar-refractivity contribution in [2.24, 2.45) is 5.73 Å². The van der Waals surface area contributed by atoms with E-state index >= 15 is 0 Å². The molecule has 0 saturated heterocycles. The molecule has 3 aromatic carbocycles. The topological polar surface area (TPSA) is 115 Å². The van der Waals surface area contributed by atoms with Gasteiger partial charge in [-0.25, -0.2) is 0 Å². The quantitative estimate of drug-likeness (QED) is 0.305. The Hall–Kier alpha value is -3.39. The number of rotatable bonds is 9. The highest BCUT2D eigenvalue weighted by atomic mass is 35.5. The molecule has 4 aromatic rings. The summed E-state index contributed by atoms with van der Waals surface area (Å²) in [5.74, 6) is -0.200. The fourth-order valence-corrected chi connectivity index (χ4v) is 4.60. The molecule has 1 aliphatic carbocycles. The number of carbonyl (C=O) groups excluding carboxylic acids is 2. The van der Waals surface area contributed by atoms with E-state index in [-0.39, 0.29) is 36.9 Å². The first kappa shape index (κ1) is 23.4. The average molecular weight is 493 g/mol. The molecule has 1 atom stereocenters. The molecule has 5 rings (SSSR count). The van der Waals surface area contributed by atoms with E-state index in [1.165, 1.54) is 5.56 Å². The number of benzene rings is 3. The zero-order valence-corrected chi connectivity index (χ0v) is 19.7. The largest absolute Gasteiger partial charge is 0.485 e. The lowest BCUT2D eigenvalue weighted by Gasteiger charge is -2.11. The maximum absolute atomic E-state index is 13.2. The number of primary amides is 1. The number of fused-ring (bicyclic) bond motifs is 2. The van der Waals surface area contributed by atoms with Crippen molar-refractivity contribution in [2.45, 2.75) is 31.4 Å². The van der Waals surface area contributed by atoms with Gasteiger partial charge in [-0.05, 0) is 65.4 Å². The number of hydrogen-bond acceptors (Lipinski definition) is 5. The van der Waals surface area contributed by atoms with Gasteiger partial charge >= 0.3 is 0 Å². The number of halogens is 1. The van der Waals surface area contributed by atoms with Crippen LogP contribution in [0.4, 0.5) is 0 Å². The van der Waals surface area contributed by atoms with Crippen molar-refractivity contribution in [3.63, 3.8) is 0 Å². The summed E-state index contributed by atoms with van der Waals surface area (Å²) >= 11 is 6.06. The Balaban J connectivity index is 1.46. The molecule has 4 N–H and O–H groups in total. The molecule has 1 heterocycles. The monoisotopic (exact) mass is 492 g/mol. The fourth-order valence-electron chi connectivity index (χ4n) is 4.42. The lowest BCUT2D eigenvalue weighted by Crippen LogP contribution is -2.19. The zero-order chi connectivity index (χ0) is 24.7. The van der Waals surface area contributed by atoms with Crippen LogP contribution in [0.3, 0.4) is 0 Å². The normalized spacial score (nSPS) is 14.4. The molecular weight excluding hydrogens is 468 g/mol. The van der Waals surface area contributed by atoms with Crippen LogP contribution in [0.2, 0.25) is 5.02 Å². The molecule has 1 fully saturated rings. The van der Waals surface area contributed by atoms with E-state index in [1.54, 1.807) is 41.1 Å². The molecule has 0 bridgehead atoms. The number of amides is 1. The minimum absolute atomic E-state index is 0.161. The Bertz CT molecular complexity index is 1460. The van der Waals surface area contributed by atoms with E-state index in [0.717, 1.165) is 34.5 Å². The SMILES string of the molecule is NC(=O)c1cc2cc(Cl)ccc2cc1OCC(=O)c1cn(CC(O)CO)c2cc(C3CC3)ccc12. The predicted octanol–water partition coefficient (Wildman–Crippen LogP) is 4.04. The van der Waals surface area contributed by atoms with Gasteiger partial charge in [-0.15, -0.1) is 0 Å². The van der Waals surface area contributed by atoms with Gasteiger partial charge in [0.05, 0.1) is 24.8 Å². The zero-order valence-electron chi connectivity index (χ0n) is 18.9. The van der Waals surface area contributed by atoms with Gasteiger partial charge in [-0.3, -0.25) is 9.59 Å². The Morgan fingerprint density at radius 2 is 1.89 bits per heavy atom. The highest BCUT2D eigenvalue weighted by Gasteiger charge is 2.25. The van der Waals surface area contributed by atoms with Crippen LogP contribution in [0.1, 0.15) is 45.0 Å². The summed E-state index contributed by atoms with van der Waals surface area (Å²) in [6.07, 6.45) is 3.03. The Kier molecular flexibility index (Phi) is 6.23. The number of nitrogens with two attached hydrogens (primary N) is 1. The Morgan fingerprint density at radius 1 is 1.09 bits per heavy atom. The van der Waals surface area contributed by atoms with E-state index in [9.17, 15) is 19.8 Å². The minimum Gasteiger partial charge on any atom is -0.485 e. The number of hydrogen-bond donors (Lipinski definition) is 3. The van der Waals surface area contributed by atoms with E-state index in [1.807, 2.05) is 18.2 Å². The van der Waals surface area contributed by atoms with Crippen molar-refractivity contribution in [1.29, 1.82) is 0 Å². The number of carbonyl (C=O) groups is 2. The molecule has 7 nitrogen and oxygen atoms in total. The molecule has 1 aromatic heterocycles. The van der Waals surface area contributed by atoms with Crippen LogP contribution in [0.5, 0.6) is 5.75 Å². The number of Topliss-reactive ketones (excluding diaryl/α,β-unsaturated/α-hetero) is 1. The number of nitrogens with zero attached hydrogens (tertiary/aromatic N) is 1. The first-order chi connectivity index (χ1) is 16.8. The lowest BCUT2D eigenvalue weighted by molar-refractivity contribution is 0.0820. The molecule has 35 heavy (non-hydrogen) atoms. The smallest absolute Gasteiger partial charge is 0.252 e. The van der Waals surface area contributed by atoms with Gasteiger partial charge in [0.2, 0.25) is 5.78 Å². The van der Waals surface area contributed by atoms with Crippen molar-refractivity contribution in [1.82, 2.24) is 4.57 Å². The fraction of sp³-hybridized carbons (Fsp3) is 0.259. The van der Waals surface area contributed by atoms with Crippen LogP contribution in [0.25, 0.3) is 21.7 Å². The molecular formula is C27H25ClN2O5. The standard InChI is InChI=1S/C27H25ClN2O5/c28-19-5-3-17-10-26(22(27(29)34)8-18(17)7-19)35-14-25(33)23-12-30(11-20(32)13-31)24-9-16(15-1-2-15)4-6-21(23)24/h3-10,12,15,20,31-32H,1-2,11,13-14H2,(H2,29,34). The molecule has 1 aliphatic rings. The maximum atomic E-state index is 13.2. The molecule has 180 valence electrons. The molecule has 1 saturated carbocycles. The van der Waals surface area contributed by atoms with Gasteiger partial charge in [-0.1, -0.05) is 29.8 Å². The average Bonchev–Trinajstić information content (AvgIpc) is 3.64. The first-order valence-electron chi connectivity index (χ1n) is 11.4. The third kappa shape index (κ3) is 4.75. The maximum Gasteiger partial charge on any atom is 0.252 e. The number of aliphatic hydroxyl groups excluding tert-OH is 2. The van der Waals surface area contributed by atoms with Gasteiger partial charge < -0.3 is 25.3 Å². The number of aromatic nitrogens is 1. The van der Waals surface area contributed by atoms with Gasteiger partial charge in [0, 0.05) is 27.7 Å². The summed E-state index contributed by atoms with van der Waals surface area (Å²) in [6, 6.07) is 14.5. The molecule has 0 radical (unpaired) electrons. The molecule has 1 amide bonds. The van der Waals surface area contributed by atoms with E-state index in [0.29, 0.717) is 16.5 Å². The van der Waals surface area contributed by atoms with E-state index < -0.39 is 12.0 Å². The minimum atomic E-state index is -0.946. The summed E-state index contributed by atoms with van der Waals surface area (Å²) in [5, 5.41) is 22.1. The summed E-state index contributed by atoms with van der Waals surface area (Å²) < 4.78 is 7.60. The predicted molar refractivity (Wildman–Crippen MR) is 134 cm³/mol. The van der Waals surface area contributed by atoms with Crippen molar-refractivity contribution in [3.05, 3.63) is 76.4 Å². The second kappa shape index (κ2) is 9.34. The summed E-state index contributed by atoms with van der Waals surface area (Å²) in [5.41, 5.74) is 8.19. The van der Waals surface area contributed by atoms with Crippen LogP contribution < -0.4 is 10.5 Å². The number of ether oxygens (including phenoxy) is 1. The van der Waals surface area contributed by atoms with Crippen molar-refractivity contribution < 1.29 is 24.5 Å². The number of ketones is 1. The second-order valence-corrected chi connectivity index (χ2v) is 9.43. The molecule has 1 unspecified atom stereocenters. The lowest BCUT2D eigenvalue weighted by atomic mass is 10.0. The van der Waals surface area contributed by atoms with Gasteiger partial charge in [0.25, 0.3) is 5.91 Å². The third-order valence-electron chi connectivity index (χ3n) is 6.40. The second-order valence-electron chi connectivity index (χ2n) is 9.00. The van der Waals surface area contributed by atoms with Gasteiger partial charge in [-0.2, -0.15) is 0 Å². The summed E-state index contributed by atoms with van der Waals surface area (Å²) in [7, 11) is 0. The Morgan fingerprint density at radius 3 is 2.60 bits per heavy atom. The third-order valence-corrected chi connectivity index (χ3v) is 6.63. The van der Waals surface area contributed by atoms with Crippen LogP contribution in [0.15, 0.2) is 54.7 Å². The number of aliphatic hydroxyl groups is 2. The van der Waals surface area contributed by atoms with E-state index in [4.69, 9.17) is 22.1 Å². The van der Waals surface area contributed by atoms with Gasteiger partial charge in [0.1, 0.15) is 5.75 Å². The molecule has 0 aliphatic heterocycles. The molecule has 8 heteroatoms. The summed E-state index contributed by atoms with van der Waals surface area (Å²) in [6.45, 7) is -0.517. The van der Waals surface area contributed by atoms with Crippen LogP contribution in [-0.2, 0) is 6.54 Å². The van der Waals surface area contributed by atoms with Crippen LogP contribution in [-0.4, -0.2) is 45.8 Å².